The molecule has 2 rings (SSSR count). The number of aromatic amines is 1. The molecule has 0 atom stereocenters. The predicted molar refractivity (Wildman–Crippen MR) is 106 cm³/mol. The summed E-state index contributed by atoms with van der Waals surface area (Å²) in [6, 6.07) is 5.04. The number of nitrogens with zero attached hydrogens (tertiary/aromatic N) is 1. The van der Waals surface area contributed by atoms with E-state index in [1.54, 1.807) is 30.4 Å². The van der Waals surface area contributed by atoms with Gasteiger partial charge in [-0.3, -0.25) is 9.69 Å². The highest BCUT2D eigenvalue weighted by molar-refractivity contribution is 5.94. The number of aryl methyl sites for hydroxylation is 1. The first-order chi connectivity index (χ1) is 12.5. The second kappa shape index (κ2) is 9.15. The molecule has 0 fully saturated rings. The SMILES string of the molecule is C=CCN(CC=C)Cc1c(C)[nH]c2ccc(C(=O)OCCC)cc2c1=O. The van der Waals surface area contributed by atoms with Crippen LogP contribution in [0.4, 0.5) is 0 Å². The van der Waals surface area contributed by atoms with Crippen molar-refractivity contribution in [1.82, 2.24) is 9.88 Å². The molecule has 5 nitrogen and oxygen atoms in total. The lowest BCUT2D eigenvalue weighted by Gasteiger charge is -2.20. The van der Waals surface area contributed by atoms with Gasteiger partial charge in [0.15, 0.2) is 5.43 Å². The monoisotopic (exact) mass is 354 g/mol. The standard InChI is InChI=1S/C21H26N2O3/c1-5-10-23(11-6-2)14-18-15(4)22-19-9-8-16(13-17(19)20(18)24)21(25)26-12-7-3/h5-6,8-9,13H,1-2,7,10-12,14H2,3-4H3,(H,22,24). The fraction of sp³-hybridized carbons (Fsp3) is 0.333. The zero-order chi connectivity index (χ0) is 19.1. The summed E-state index contributed by atoms with van der Waals surface area (Å²) in [5.41, 5.74) is 2.53. The Morgan fingerprint density at radius 1 is 1.27 bits per heavy atom. The molecule has 2 aromatic rings. The van der Waals surface area contributed by atoms with Crippen LogP contribution in [0.1, 0.15) is 35.0 Å². The molecule has 1 aromatic carbocycles. The molecule has 0 bridgehead atoms. The van der Waals surface area contributed by atoms with Crippen LogP contribution in [0.3, 0.4) is 0 Å². The predicted octanol–water partition coefficient (Wildman–Crippen LogP) is 3.58. The first-order valence-corrected chi connectivity index (χ1v) is 8.78. The van der Waals surface area contributed by atoms with E-state index >= 15 is 0 Å². The van der Waals surface area contributed by atoms with E-state index in [9.17, 15) is 9.59 Å². The number of carbonyl (C=O) groups is 1. The van der Waals surface area contributed by atoms with E-state index in [1.165, 1.54) is 0 Å². The Bertz CT molecular complexity index is 857. The minimum Gasteiger partial charge on any atom is -0.462 e. The fourth-order valence-electron chi connectivity index (χ4n) is 2.84. The summed E-state index contributed by atoms with van der Waals surface area (Å²) in [4.78, 5) is 30.5. The molecule has 0 aliphatic rings. The summed E-state index contributed by atoms with van der Waals surface area (Å²) in [5, 5.41) is 0.494. The van der Waals surface area contributed by atoms with Crippen molar-refractivity contribution >= 4 is 16.9 Å². The zero-order valence-electron chi connectivity index (χ0n) is 15.5. The third kappa shape index (κ3) is 4.49. The van der Waals surface area contributed by atoms with Crippen molar-refractivity contribution in [1.29, 1.82) is 0 Å². The maximum absolute atomic E-state index is 13.0. The van der Waals surface area contributed by atoms with E-state index in [0.29, 0.717) is 48.3 Å². The van der Waals surface area contributed by atoms with E-state index in [1.807, 2.05) is 13.8 Å². The number of benzene rings is 1. The molecule has 0 saturated heterocycles. The smallest absolute Gasteiger partial charge is 0.338 e. The number of rotatable bonds is 9. The van der Waals surface area contributed by atoms with Crippen molar-refractivity contribution < 1.29 is 9.53 Å². The van der Waals surface area contributed by atoms with Crippen molar-refractivity contribution in [3.63, 3.8) is 0 Å². The molecule has 1 N–H and O–H groups in total. The highest BCUT2D eigenvalue weighted by Crippen LogP contribution is 2.16. The van der Waals surface area contributed by atoms with Gasteiger partial charge in [0.05, 0.1) is 12.2 Å². The molecule has 5 heteroatoms. The van der Waals surface area contributed by atoms with Gasteiger partial charge in [-0.15, -0.1) is 13.2 Å². The first-order valence-electron chi connectivity index (χ1n) is 8.78. The van der Waals surface area contributed by atoms with Gasteiger partial charge in [-0.2, -0.15) is 0 Å². The zero-order valence-corrected chi connectivity index (χ0v) is 15.5. The van der Waals surface area contributed by atoms with Crippen molar-refractivity contribution in [3.05, 3.63) is 70.6 Å². The minimum absolute atomic E-state index is 0.0699. The summed E-state index contributed by atoms with van der Waals surface area (Å²) in [5.74, 6) is -0.407. The number of ether oxygens (including phenoxy) is 1. The Hall–Kier alpha value is -2.66. The molecule has 0 spiro atoms. The van der Waals surface area contributed by atoms with Crippen LogP contribution in [0.5, 0.6) is 0 Å². The number of carbonyl (C=O) groups excluding carboxylic acids is 1. The van der Waals surface area contributed by atoms with Gasteiger partial charge in [-0.05, 0) is 31.5 Å². The molecule has 0 aliphatic heterocycles. The average Bonchev–Trinajstić information content (AvgIpc) is 2.63. The lowest BCUT2D eigenvalue weighted by Crippen LogP contribution is -2.28. The Kier molecular flexibility index (Phi) is 6.92. The number of fused-ring (bicyclic) bond motifs is 1. The van der Waals surface area contributed by atoms with Crippen molar-refractivity contribution in [2.24, 2.45) is 0 Å². The van der Waals surface area contributed by atoms with Gasteiger partial charge in [-0.25, -0.2) is 4.79 Å². The van der Waals surface area contributed by atoms with Gasteiger partial charge in [0.2, 0.25) is 0 Å². The van der Waals surface area contributed by atoms with Crippen molar-refractivity contribution in [3.8, 4) is 0 Å². The summed E-state index contributed by atoms with van der Waals surface area (Å²) < 4.78 is 5.17. The van der Waals surface area contributed by atoms with Gasteiger partial charge in [0.25, 0.3) is 0 Å². The van der Waals surface area contributed by atoms with E-state index in [0.717, 1.165) is 12.1 Å². The molecule has 1 heterocycles. The van der Waals surface area contributed by atoms with Crippen molar-refractivity contribution in [2.45, 2.75) is 26.8 Å². The molecule has 0 radical (unpaired) electrons. The maximum Gasteiger partial charge on any atom is 0.338 e. The quantitative estimate of drug-likeness (QED) is 0.552. The number of H-pyrrole nitrogens is 1. The molecule has 138 valence electrons. The molecule has 26 heavy (non-hydrogen) atoms. The van der Waals surface area contributed by atoms with Crippen molar-refractivity contribution in [2.75, 3.05) is 19.7 Å². The molecular formula is C21H26N2O3. The van der Waals surface area contributed by atoms with Gasteiger partial charge in [-0.1, -0.05) is 19.1 Å². The summed E-state index contributed by atoms with van der Waals surface area (Å²) in [6.45, 7) is 13.5. The average molecular weight is 354 g/mol. The highest BCUT2D eigenvalue weighted by Gasteiger charge is 2.15. The number of esters is 1. The second-order valence-electron chi connectivity index (χ2n) is 6.23. The molecule has 0 amide bonds. The van der Waals surface area contributed by atoms with Gasteiger partial charge in [0, 0.05) is 41.8 Å². The van der Waals surface area contributed by atoms with Crippen LogP contribution in [-0.2, 0) is 11.3 Å². The third-order valence-corrected chi connectivity index (χ3v) is 4.14. The van der Waals surface area contributed by atoms with Crippen LogP contribution in [0.2, 0.25) is 0 Å². The van der Waals surface area contributed by atoms with Crippen LogP contribution in [0, 0.1) is 6.92 Å². The number of hydrogen-bond donors (Lipinski definition) is 1. The topological polar surface area (TPSA) is 62.4 Å². The summed E-state index contributed by atoms with van der Waals surface area (Å²) >= 11 is 0. The van der Waals surface area contributed by atoms with Crippen LogP contribution in [0.15, 0.2) is 48.3 Å². The number of pyridine rings is 1. The number of aromatic nitrogens is 1. The third-order valence-electron chi connectivity index (χ3n) is 4.14. The van der Waals surface area contributed by atoms with E-state index in [-0.39, 0.29) is 5.43 Å². The normalized spacial score (nSPS) is 10.9. The lowest BCUT2D eigenvalue weighted by molar-refractivity contribution is 0.0505. The fourth-order valence-corrected chi connectivity index (χ4v) is 2.84. The van der Waals surface area contributed by atoms with Gasteiger partial charge in [0.1, 0.15) is 0 Å². The van der Waals surface area contributed by atoms with Crippen LogP contribution in [-0.4, -0.2) is 35.5 Å². The van der Waals surface area contributed by atoms with Crippen LogP contribution < -0.4 is 5.43 Å². The Balaban J connectivity index is 2.45. The number of hydrogen-bond acceptors (Lipinski definition) is 4. The lowest BCUT2D eigenvalue weighted by atomic mass is 10.1. The Morgan fingerprint density at radius 2 is 1.96 bits per heavy atom. The molecule has 0 aliphatic carbocycles. The molecular weight excluding hydrogens is 328 g/mol. The Morgan fingerprint density at radius 3 is 2.58 bits per heavy atom. The second-order valence-corrected chi connectivity index (χ2v) is 6.23. The highest BCUT2D eigenvalue weighted by atomic mass is 16.5. The minimum atomic E-state index is -0.407. The van der Waals surface area contributed by atoms with E-state index in [2.05, 4.69) is 23.0 Å². The van der Waals surface area contributed by atoms with Crippen LogP contribution in [0.25, 0.3) is 10.9 Å². The molecule has 1 aromatic heterocycles. The summed E-state index contributed by atoms with van der Waals surface area (Å²) in [6.07, 6.45) is 4.36. The van der Waals surface area contributed by atoms with E-state index in [4.69, 9.17) is 4.74 Å². The number of nitrogens with one attached hydrogen (secondary N) is 1. The molecule has 0 unspecified atom stereocenters. The van der Waals surface area contributed by atoms with Gasteiger partial charge < -0.3 is 9.72 Å². The van der Waals surface area contributed by atoms with Crippen LogP contribution >= 0.6 is 0 Å². The molecule has 0 saturated carbocycles. The first kappa shape index (κ1) is 19.7. The van der Waals surface area contributed by atoms with E-state index < -0.39 is 5.97 Å². The maximum atomic E-state index is 13.0. The van der Waals surface area contributed by atoms with Gasteiger partial charge >= 0.3 is 5.97 Å². The Labute approximate surface area is 154 Å². The summed E-state index contributed by atoms with van der Waals surface area (Å²) in [7, 11) is 0. The largest absolute Gasteiger partial charge is 0.462 e.